The second-order valence-electron chi connectivity index (χ2n) is 5.13. The molecule has 3 heteroatoms. The van der Waals surface area contributed by atoms with E-state index in [9.17, 15) is 9.50 Å². The van der Waals surface area contributed by atoms with E-state index in [0.29, 0.717) is 17.0 Å². The van der Waals surface area contributed by atoms with Crippen molar-refractivity contribution in [2.75, 3.05) is 6.61 Å². The highest BCUT2D eigenvalue weighted by Gasteiger charge is 2.32. The fourth-order valence-electron chi connectivity index (χ4n) is 2.78. The van der Waals surface area contributed by atoms with Gasteiger partial charge in [-0.25, -0.2) is 4.39 Å². The predicted octanol–water partition coefficient (Wildman–Crippen LogP) is 3.96. The SMILES string of the molecule is OCC1(Cc2cc(Cl)ccc2F)CCCCC1. The Balaban J connectivity index is 2.20. The average Bonchev–Trinajstić information content (AvgIpc) is 2.35. The zero-order valence-electron chi connectivity index (χ0n) is 9.88. The van der Waals surface area contributed by atoms with E-state index in [1.807, 2.05) is 0 Å². The van der Waals surface area contributed by atoms with E-state index in [4.69, 9.17) is 11.6 Å². The largest absolute Gasteiger partial charge is 0.396 e. The maximum absolute atomic E-state index is 13.7. The summed E-state index contributed by atoms with van der Waals surface area (Å²) in [5.41, 5.74) is 0.498. The monoisotopic (exact) mass is 256 g/mol. The highest BCUT2D eigenvalue weighted by Crippen LogP contribution is 2.39. The zero-order valence-corrected chi connectivity index (χ0v) is 10.6. The van der Waals surface area contributed by atoms with Gasteiger partial charge in [0.2, 0.25) is 0 Å². The molecule has 94 valence electrons. The molecule has 1 aromatic rings. The van der Waals surface area contributed by atoms with Gasteiger partial charge in [0.15, 0.2) is 0 Å². The van der Waals surface area contributed by atoms with E-state index in [2.05, 4.69) is 0 Å². The summed E-state index contributed by atoms with van der Waals surface area (Å²) in [5, 5.41) is 10.2. The summed E-state index contributed by atoms with van der Waals surface area (Å²) in [7, 11) is 0. The second kappa shape index (κ2) is 5.36. The average molecular weight is 257 g/mol. The van der Waals surface area contributed by atoms with E-state index in [1.165, 1.54) is 12.5 Å². The Morgan fingerprint density at radius 3 is 2.59 bits per heavy atom. The second-order valence-corrected chi connectivity index (χ2v) is 5.57. The molecule has 1 aliphatic rings. The summed E-state index contributed by atoms with van der Waals surface area (Å²) < 4.78 is 13.7. The minimum absolute atomic E-state index is 0.135. The van der Waals surface area contributed by atoms with Gasteiger partial charge in [-0.05, 0) is 48.4 Å². The summed E-state index contributed by atoms with van der Waals surface area (Å²) in [6.07, 6.45) is 6.03. The molecule has 1 aliphatic carbocycles. The maximum atomic E-state index is 13.7. The summed E-state index contributed by atoms with van der Waals surface area (Å²) in [5.74, 6) is -0.215. The van der Waals surface area contributed by atoms with Gasteiger partial charge in [-0.1, -0.05) is 30.9 Å². The van der Waals surface area contributed by atoms with Gasteiger partial charge in [0.1, 0.15) is 5.82 Å². The van der Waals surface area contributed by atoms with Crippen molar-refractivity contribution in [1.29, 1.82) is 0 Å². The first-order valence-corrected chi connectivity index (χ1v) is 6.58. The van der Waals surface area contributed by atoms with E-state index in [-0.39, 0.29) is 17.8 Å². The molecule has 0 saturated heterocycles. The molecular weight excluding hydrogens is 239 g/mol. The molecule has 1 fully saturated rings. The van der Waals surface area contributed by atoms with Gasteiger partial charge < -0.3 is 5.11 Å². The summed E-state index contributed by atoms with van der Waals surface area (Å²) in [6, 6.07) is 4.65. The smallest absolute Gasteiger partial charge is 0.126 e. The quantitative estimate of drug-likeness (QED) is 0.868. The molecule has 0 amide bonds. The van der Waals surface area contributed by atoms with E-state index in [1.54, 1.807) is 12.1 Å². The number of rotatable bonds is 3. The number of benzene rings is 1. The Bertz CT molecular complexity index is 386. The molecule has 1 N–H and O–H groups in total. The van der Waals surface area contributed by atoms with Gasteiger partial charge >= 0.3 is 0 Å². The first kappa shape index (κ1) is 12.8. The van der Waals surface area contributed by atoms with Crippen molar-refractivity contribution < 1.29 is 9.50 Å². The fourth-order valence-corrected chi connectivity index (χ4v) is 2.97. The molecule has 1 aromatic carbocycles. The molecule has 0 aromatic heterocycles. The van der Waals surface area contributed by atoms with Crippen molar-refractivity contribution in [2.45, 2.75) is 38.5 Å². The molecular formula is C14H18ClFO. The number of hydrogen-bond donors (Lipinski definition) is 1. The van der Waals surface area contributed by atoms with Gasteiger partial charge in [-0.3, -0.25) is 0 Å². The molecule has 0 unspecified atom stereocenters. The fraction of sp³-hybridized carbons (Fsp3) is 0.571. The minimum atomic E-state index is -0.215. The first-order chi connectivity index (χ1) is 8.15. The molecule has 17 heavy (non-hydrogen) atoms. The van der Waals surface area contributed by atoms with Crippen LogP contribution in [0.25, 0.3) is 0 Å². The molecule has 0 heterocycles. The lowest BCUT2D eigenvalue weighted by molar-refractivity contribution is 0.0815. The zero-order chi connectivity index (χ0) is 12.3. The van der Waals surface area contributed by atoms with E-state index < -0.39 is 0 Å². The van der Waals surface area contributed by atoms with Gasteiger partial charge in [0.05, 0.1) is 0 Å². The Kier molecular flexibility index (Phi) is 4.05. The van der Waals surface area contributed by atoms with Gasteiger partial charge in [-0.15, -0.1) is 0 Å². The van der Waals surface area contributed by atoms with Gasteiger partial charge in [-0.2, -0.15) is 0 Å². The van der Waals surface area contributed by atoms with Crippen LogP contribution in [-0.4, -0.2) is 11.7 Å². The molecule has 0 aliphatic heterocycles. The van der Waals surface area contributed by atoms with E-state index in [0.717, 1.165) is 25.7 Å². The normalized spacial score (nSPS) is 19.2. The van der Waals surface area contributed by atoms with Gasteiger partial charge in [0.25, 0.3) is 0 Å². The van der Waals surface area contributed by atoms with Crippen LogP contribution < -0.4 is 0 Å². The summed E-state index contributed by atoms with van der Waals surface area (Å²) >= 11 is 5.89. The third-order valence-electron chi connectivity index (χ3n) is 3.82. The molecule has 0 radical (unpaired) electrons. The molecule has 2 rings (SSSR count). The number of aliphatic hydroxyl groups is 1. The standard InChI is InChI=1S/C14H18ClFO/c15-12-4-5-13(16)11(8-12)9-14(10-17)6-2-1-3-7-14/h4-5,8,17H,1-3,6-7,9-10H2. The molecule has 0 atom stereocenters. The van der Waals surface area contributed by atoms with Crippen molar-refractivity contribution in [3.05, 3.63) is 34.6 Å². The van der Waals surface area contributed by atoms with Crippen LogP contribution in [0.2, 0.25) is 5.02 Å². The third kappa shape index (κ3) is 2.99. The van der Waals surface area contributed by atoms with Crippen LogP contribution >= 0.6 is 11.6 Å². The lowest BCUT2D eigenvalue weighted by Crippen LogP contribution is -2.31. The van der Waals surface area contributed by atoms with Crippen molar-refractivity contribution >= 4 is 11.6 Å². The number of halogens is 2. The Morgan fingerprint density at radius 2 is 1.94 bits per heavy atom. The highest BCUT2D eigenvalue weighted by molar-refractivity contribution is 6.30. The van der Waals surface area contributed by atoms with Crippen molar-refractivity contribution in [1.82, 2.24) is 0 Å². The molecule has 0 spiro atoms. The maximum Gasteiger partial charge on any atom is 0.126 e. The van der Waals surface area contributed by atoms with Crippen LogP contribution in [0.3, 0.4) is 0 Å². The number of hydrogen-bond acceptors (Lipinski definition) is 1. The highest BCUT2D eigenvalue weighted by atomic mass is 35.5. The molecule has 0 bridgehead atoms. The van der Waals surface area contributed by atoms with Crippen LogP contribution in [0.15, 0.2) is 18.2 Å². The van der Waals surface area contributed by atoms with E-state index >= 15 is 0 Å². The van der Waals surface area contributed by atoms with Crippen LogP contribution in [0.5, 0.6) is 0 Å². The van der Waals surface area contributed by atoms with Crippen LogP contribution in [0.4, 0.5) is 4.39 Å². The minimum Gasteiger partial charge on any atom is -0.396 e. The Morgan fingerprint density at radius 1 is 1.24 bits per heavy atom. The summed E-state index contributed by atoms with van der Waals surface area (Å²) in [4.78, 5) is 0. The Labute approximate surface area is 107 Å². The van der Waals surface area contributed by atoms with Crippen molar-refractivity contribution in [3.63, 3.8) is 0 Å². The predicted molar refractivity (Wildman–Crippen MR) is 67.7 cm³/mol. The first-order valence-electron chi connectivity index (χ1n) is 6.20. The van der Waals surface area contributed by atoms with Crippen molar-refractivity contribution in [3.8, 4) is 0 Å². The van der Waals surface area contributed by atoms with Crippen molar-refractivity contribution in [2.24, 2.45) is 5.41 Å². The summed E-state index contributed by atoms with van der Waals surface area (Å²) in [6.45, 7) is 0.138. The van der Waals surface area contributed by atoms with Crippen LogP contribution in [0.1, 0.15) is 37.7 Å². The lowest BCUT2D eigenvalue weighted by Gasteiger charge is -2.35. The van der Waals surface area contributed by atoms with Crippen LogP contribution in [0, 0.1) is 11.2 Å². The lowest BCUT2D eigenvalue weighted by atomic mass is 9.71. The van der Waals surface area contributed by atoms with Gasteiger partial charge in [0, 0.05) is 11.6 Å². The molecule has 1 saturated carbocycles. The van der Waals surface area contributed by atoms with Crippen LogP contribution in [-0.2, 0) is 6.42 Å². The Hall–Kier alpha value is -0.600. The third-order valence-corrected chi connectivity index (χ3v) is 4.06. The number of aliphatic hydroxyl groups excluding tert-OH is 1. The topological polar surface area (TPSA) is 20.2 Å². The molecule has 1 nitrogen and oxygen atoms in total.